The number of allylic oxidation sites excluding steroid dienone is 2. The summed E-state index contributed by atoms with van der Waals surface area (Å²) in [7, 11) is 0. The highest BCUT2D eigenvalue weighted by Gasteiger charge is 2.37. The van der Waals surface area contributed by atoms with Gasteiger partial charge in [0.1, 0.15) is 0 Å². The van der Waals surface area contributed by atoms with Gasteiger partial charge in [-0.25, -0.2) is 0 Å². The maximum absolute atomic E-state index is 4.55. The molecule has 0 atom stereocenters. The number of anilines is 2. The van der Waals surface area contributed by atoms with Gasteiger partial charge in [-0.15, -0.1) is 0 Å². The van der Waals surface area contributed by atoms with E-state index in [1.807, 2.05) is 0 Å². The van der Waals surface area contributed by atoms with Crippen LogP contribution >= 0.6 is 0 Å². The van der Waals surface area contributed by atoms with E-state index in [9.17, 15) is 0 Å². The van der Waals surface area contributed by atoms with E-state index in [4.69, 9.17) is 0 Å². The van der Waals surface area contributed by atoms with E-state index < -0.39 is 0 Å². The van der Waals surface area contributed by atoms with E-state index in [-0.39, 0.29) is 6.71 Å². The molecule has 0 bridgehead atoms. The molecule has 0 unspecified atom stereocenters. The predicted molar refractivity (Wildman–Crippen MR) is 128 cm³/mol. The molecule has 3 aromatic carbocycles. The van der Waals surface area contributed by atoms with Crippen LogP contribution < -0.4 is 15.8 Å². The minimum Gasteiger partial charge on any atom is -0.312 e. The third-order valence-corrected chi connectivity index (χ3v) is 6.00. The molecule has 0 aromatic heterocycles. The van der Waals surface area contributed by atoms with Crippen molar-refractivity contribution >= 4 is 29.0 Å². The van der Waals surface area contributed by atoms with E-state index in [1.165, 1.54) is 44.3 Å². The molecule has 0 spiro atoms. The lowest BCUT2D eigenvalue weighted by atomic mass is 9.33. The van der Waals surface area contributed by atoms with Crippen LogP contribution in [0.4, 0.5) is 11.4 Å². The molecule has 0 N–H and O–H groups in total. The summed E-state index contributed by atoms with van der Waals surface area (Å²) in [6.45, 7) is 15.6. The first kappa shape index (κ1) is 19.3. The monoisotopic (exact) mass is 377 g/mol. The number of nitrogens with zero attached hydrogens (tertiary/aromatic N) is 1. The minimum atomic E-state index is 0.198. The van der Waals surface area contributed by atoms with Gasteiger partial charge in [-0.1, -0.05) is 82.8 Å². The van der Waals surface area contributed by atoms with Gasteiger partial charge in [0.05, 0.1) is 0 Å². The molecule has 1 aliphatic rings. The molecule has 0 aliphatic carbocycles. The highest BCUT2D eigenvalue weighted by Crippen LogP contribution is 2.37. The van der Waals surface area contributed by atoms with E-state index in [1.54, 1.807) is 0 Å². The Morgan fingerprint density at radius 2 is 1.34 bits per heavy atom. The lowest BCUT2D eigenvalue weighted by Gasteiger charge is -2.39. The Bertz CT molecular complexity index is 1120. The second kappa shape index (κ2) is 7.44. The molecule has 1 nitrogen and oxygen atoms in total. The van der Waals surface area contributed by atoms with E-state index >= 15 is 0 Å². The SMILES string of the molecule is C=C1/C(=C/C)B(c2cc(C)ccc2C)c2cc(C)ccc2N1c1ccc(C)cc1. The third kappa shape index (κ3) is 3.33. The predicted octanol–water partition coefficient (Wildman–Crippen LogP) is 5.68. The summed E-state index contributed by atoms with van der Waals surface area (Å²) in [5.74, 6) is 0. The van der Waals surface area contributed by atoms with Gasteiger partial charge in [-0.2, -0.15) is 0 Å². The summed E-state index contributed by atoms with van der Waals surface area (Å²) >= 11 is 0. The van der Waals surface area contributed by atoms with Crippen molar-refractivity contribution in [3.63, 3.8) is 0 Å². The second-order valence-electron chi connectivity index (χ2n) is 8.22. The minimum absolute atomic E-state index is 0.198. The normalized spacial score (nSPS) is 15.1. The van der Waals surface area contributed by atoms with Crippen LogP contribution in [0.5, 0.6) is 0 Å². The van der Waals surface area contributed by atoms with Crippen LogP contribution in [0.15, 0.2) is 84.5 Å². The van der Waals surface area contributed by atoms with Crippen molar-refractivity contribution in [2.24, 2.45) is 0 Å². The summed E-state index contributed by atoms with van der Waals surface area (Å²) < 4.78 is 0. The number of hydrogen-bond acceptors (Lipinski definition) is 1. The maximum Gasteiger partial charge on any atom is 0.246 e. The molecular weight excluding hydrogens is 349 g/mol. The Kier molecular flexibility index (Phi) is 4.96. The number of rotatable bonds is 2. The van der Waals surface area contributed by atoms with Gasteiger partial charge in [0.2, 0.25) is 6.71 Å². The summed E-state index contributed by atoms with van der Waals surface area (Å²) in [5, 5.41) is 0. The van der Waals surface area contributed by atoms with Gasteiger partial charge in [0.15, 0.2) is 0 Å². The molecule has 4 rings (SSSR count). The highest BCUT2D eigenvalue weighted by atomic mass is 15.2. The molecule has 0 amide bonds. The van der Waals surface area contributed by atoms with Crippen LogP contribution in [0, 0.1) is 27.7 Å². The van der Waals surface area contributed by atoms with Crippen molar-refractivity contribution in [1.29, 1.82) is 0 Å². The molecule has 0 radical (unpaired) electrons. The largest absolute Gasteiger partial charge is 0.312 e. The van der Waals surface area contributed by atoms with Crippen molar-refractivity contribution in [1.82, 2.24) is 0 Å². The molecule has 144 valence electrons. The van der Waals surface area contributed by atoms with Crippen LogP contribution in [0.2, 0.25) is 0 Å². The van der Waals surface area contributed by atoms with Gasteiger partial charge in [0, 0.05) is 17.1 Å². The summed E-state index contributed by atoms with van der Waals surface area (Å²) in [6.07, 6.45) is 2.24. The molecule has 1 aliphatic heterocycles. The Balaban J connectivity index is 2.00. The maximum atomic E-state index is 4.55. The summed E-state index contributed by atoms with van der Waals surface area (Å²) in [5.41, 5.74) is 12.6. The zero-order valence-corrected chi connectivity index (χ0v) is 18.1. The first-order chi connectivity index (χ1) is 13.9. The number of fused-ring (bicyclic) bond motifs is 1. The molecule has 0 fully saturated rings. The van der Waals surface area contributed by atoms with Crippen molar-refractivity contribution in [3.05, 3.63) is 107 Å². The van der Waals surface area contributed by atoms with Crippen LogP contribution in [-0.4, -0.2) is 6.71 Å². The second-order valence-corrected chi connectivity index (χ2v) is 8.22. The lowest BCUT2D eigenvalue weighted by Crippen LogP contribution is -2.52. The topological polar surface area (TPSA) is 3.24 Å². The van der Waals surface area contributed by atoms with Gasteiger partial charge in [-0.05, 0) is 63.8 Å². The van der Waals surface area contributed by atoms with Gasteiger partial charge in [-0.3, -0.25) is 0 Å². The average molecular weight is 377 g/mol. The van der Waals surface area contributed by atoms with Crippen molar-refractivity contribution in [2.75, 3.05) is 4.90 Å². The Morgan fingerprint density at radius 3 is 2.00 bits per heavy atom. The van der Waals surface area contributed by atoms with Crippen molar-refractivity contribution in [3.8, 4) is 0 Å². The van der Waals surface area contributed by atoms with Crippen LogP contribution in [0.25, 0.3) is 0 Å². The zero-order chi connectivity index (χ0) is 20.7. The van der Waals surface area contributed by atoms with E-state index in [2.05, 4.69) is 113 Å². The number of aryl methyl sites for hydroxylation is 4. The van der Waals surface area contributed by atoms with Crippen LogP contribution in [0.3, 0.4) is 0 Å². The fourth-order valence-corrected chi connectivity index (χ4v) is 4.45. The summed E-state index contributed by atoms with van der Waals surface area (Å²) in [6, 6.07) is 22.3. The zero-order valence-electron chi connectivity index (χ0n) is 18.1. The first-order valence-electron chi connectivity index (χ1n) is 10.3. The van der Waals surface area contributed by atoms with Crippen molar-refractivity contribution < 1.29 is 0 Å². The van der Waals surface area contributed by atoms with E-state index in [0.29, 0.717) is 0 Å². The van der Waals surface area contributed by atoms with Gasteiger partial charge < -0.3 is 4.90 Å². The van der Waals surface area contributed by atoms with Crippen LogP contribution in [-0.2, 0) is 0 Å². The fourth-order valence-electron chi connectivity index (χ4n) is 4.45. The average Bonchev–Trinajstić information content (AvgIpc) is 2.70. The molecular formula is C27H28BN. The number of hydrogen-bond donors (Lipinski definition) is 0. The smallest absolute Gasteiger partial charge is 0.246 e. The van der Waals surface area contributed by atoms with E-state index in [0.717, 1.165) is 11.4 Å². The fraction of sp³-hybridized carbons (Fsp3) is 0.185. The van der Waals surface area contributed by atoms with Crippen LogP contribution in [0.1, 0.15) is 29.2 Å². The standard InChI is InChI=1S/C27H28BN/c1-7-24-22(6)29(23-13-9-18(2)10-14-23)27-15-11-20(4)17-26(27)28(24)25-16-19(3)8-12-21(25)5/h7-17H,6H2,1-5H3/b24-7-. The Morgan fingerprint density at radius 1 is 0.759 bits per heavy atom. The number of benzene rings is 3. The van der Waals surface area contributed by atoms with Gasteiger partial charge in [0.25, 0.3) is 0 Å². The first-order valence-corrected chi connectivity index (χ1v) is 10.3. The molecule has 1 heterocycles. The molecule has 2 heteroatoms. The Hall–Kier alpha value is -3.00. The molecule has 0 saturated heterocycles. The third-order valence-electron chi connectivity index (χ3n) is 6.00. The van der Waals surface area contributed by atoms with Crippen molar-refractivity contribution in [2.45, 2.75) is 34.6 Å². The highest BCUT2D eigenvalue weighted by molar-refractivity contribution is 6.93. The molecule has 0 saturated carbocycles. The Labute approximate surface area is 175 Å². The van der Waals surface area contributed by atoms with Gasteiger partial charge >= 0.3 is 0 Å². The summed E-state index contributed by atoms with van der Waals surface area (Å²) in [4.78, 5) is 2.31. The molecule has 29 heavy (non-hydrogen) atoms. The quantitative estimate of drug-likeness (QED) is 0.520. The lowest BCUT2D eigenvalue weighted by molar-refractivity contribution is 1.19. The molecule has 3 aromatic rings.